The highest BCUT2D eigenvalue weighted by Crippen LogP contribution is 2.39. The second-order valence-electron chi connectivity index (χ2n) is 11.1. The molecule has 0 saturated heterocycles. The third kappa shape index (κ3) is 9.47. The number of carbonyl (C=O) groups excluding carboxylic acids is 1. The molecule has 0 aliphatic heterocycles. The minimum absolute atomic E-state index is 0.0782. The SMILES string of the molecule is CS(=O)(=O)c1ccc(NS(=O)(=O)c2ccc(C(F)(F)F)cc2C(=O)Oc2cc(C(F)(F)F)cc(C(=O)O)c2S(=O)(=O)Nc2ccc(S(C)(=O)=O)cc2)cc1. The standard InChI is InChI=1S/C30H22F6N2O12S4/c1-51(42,43)20-8-4-18(5-9-20)37-53(46,47)25-12-3-16(29(31,32)33)13-22(25)28(41)50-24-15-17(30(34,35)36)14-23(27(39)40)26(24)54(48,49)38-19-6-10-21(11-7-19)52(2,44)45/h3-15,37-38H,1-2H3,(H,39,40). The van der Waals surface area contributed by atoms with E-state index in [1.54, 1.807) is 4.72 Å². The highest BCUT2D eigenvalue weighted by atomic mass is 32.2. The first-order valence-corrected chi connectivity index (χ1v) is 20.8. The zero-order chi connectivity index (χ0) is 40.8. The molecular weight excluding hydrogens is 823 g/mol. The maximum Gasteiger partial charge on any atom is 0.416 e. The number of benzene rings is 4. The summed E-state index contributed by atoms with van der Waals surface area (Å²) >= 11 is 0. The van der Waals surface area contributed by atoms with Crippen LogP contribution in [0.4, 0.5) is 37.7 Å². The Balaban J connectivity index is 1.90. The summed E-state index contributed by atoms with van der Waals surface area (Å²) in [5, 5.41) is 9.75. The Morgan fingerprint density at radius 2 is 1.02 bits per heavy atom. The Bertz CT molecular complexity index is 2610. The molecule has 14 nitrogen and oxygen atoms in total. The number of anilines is 2. The molecular formula is C30H22F6N2O12S4. The van der Waals surface area contributed by atoms with Gasteiger partial charge in [0.05, 0.1) is 32.0 Å². The van der Waals surface area contributed by atoms with Gasteiger partial charge in [0.2, 0.25) is 0 Å². The fourth-order valence-electron chi connectivity index (χ4n) is 4.49. The zero-order valence-electron chi connectivity index (χ0n) is 26.8. The molecule has 0 heterocycles. The van der Waals surface area contributed by atoms with Crippen molar-refractivity contribution in [3.63, 3.8) is 0 Å². The van der Waals surface area contributed by atoms with Crippen LogP contribution in [0.1, 0.15) is 31.8 Å². The molecule has 0 amide bonds. The Labute approximate surface area is 302 Å². The molecule has 0 aromatic heterocycles. The van der Waals surface area contributed by atoms with Crippen LogP contribution in [-0.4, -0.2) is 63.2 Å². The van der Waals surface area contributed by atoms with Crippen molar-refractivity contribution in [3.05, 3.63) is 101 Å². The number of carbonyl (C=O) groups is 2. The number of ether oxygens (including phenoxy) is 1. The van der Waals surface area contributed by atoms with E-state index in [0.717, 1.165) is 61.0 Å². The number of hydrogen-bond donors (Lipinski definition) is 3. The van der Waals surface area contributed by atoms with E-state index in [1.807, 2.05) is 4.72 Å². The second-order valence-corrected chi connectivity index (χ2v) is 18.4. The van der Waals surface area contributed by atoms with Gasteiger partial charge in [0, 0.05) is 23.9 Å². The highest BCUT2D eigenvalue weighted by molar-refractivity contribution is 7.93. The largest absolute Gasteiger partial charge is 0.478 e. The molecule has 24 heteroatoms. The van der Waals surface area contributed by atoms with Crippen LogP contribution in [0.2, 0.25) is 0 Å². The molecule has 0 radical (unpaired) electrons. The van der Waals surface area contributed by atoms with E-state index in [-0.39, 0.29) is 45.8 Å². The summed E-state index contributed by atoms with van der Waals surface area (Å²) in [5.74, 6) is -6.27. The lowest BCUT2D eigenvalue weighted by Crippen LogP contribution is -2.23. The summed E-state index contributed by atoms with van der Waals surface area (Å²) in [6.45, 7) is 0. The van der Waals surface area contributed by atoms with E-state index >= 15 is 0 Å². The number of carboxylic acid groups (broad SMARTS) is 1. The van der Waals surface area contributed by atoms with Gasteiger partial charge < -0.3 is 9.84 Å². The third-order valence-corrected chi connectivity index (χ3v) is 12.1. The minimum Gasteiger partial charge on any atom is -0.478 e. The van der Waals surface area contributed by atoms with Crippen LogP contribution in [0.15, 0.2) is 98.4 Å². The molecule has 0 spiro atoms. The van der Waals surface area contributed by atoms with Crippen molar-refractivity contribution in [3.8, 4) is 5.75 Å². The number of carboxylic acids is 1. The van der Waals surface area contributed by atoms with Crippen molar-refractivity contribution in [1.82, 2.24) is 0 Å². The Morgan fingerprint density at radius 3 is 1.43 bits per heavy atom. The summed E-state index contributed by atoms with van der Waals surface area (Å²) < 4.78 is 192. The van der Waals surface area contributed by atoms with E-state index in [0.29, 0.717) is 0 Å². The summed E-state index contributed by atoms with van der Waals surface area (Å²) in [6, 6.07) is 7.40. The van der Waals surface area contributed by atoms with Crippen molar-refractivity contribution < 1.29 is 79.4 Å². The average molecular weight is 845 g/mol. The van der Waals surface area contributed by atoms with E-state index in [1.165, 1.54) is 0 Å². The summed E-state index contributed by atoms with van der Waals surface area (Å²) in [6.07, 6.45) is -9.09. The number of sulfone groups is 2. The van der Waals surface area contributed by atoms with Gasteiger partial charge in [0.25, 0.3) is 20.0 Å². The fraction of sp³-hybridized carbons (Fsp3) is 0.133. The van der Waals surface area contributed by atoms with Gasteiger partial charge >= 0.3 is 24.3 Å². The van der Waals surface area contributed by atoms with E-state index in [2.05, 4.69) is 0 Å². The van der Waals surface area contributed by atoms with E-state index in [4.69, 9.17) is 4.74 Å². The van der Waals surface area contributed by atoms with Gasteiger partial charge in [-0.2, -0.15) is 26.3 Å². The Kier molecular flexibility index (Phi) is 10.9. The Morgan fingerprint density at radius 1 is 0.593 bits per heavy atom. The number of nitrogens with one attached hydrogen (secondary N) is 2. The van der Waals surface area contributed by atoms with Gasteiger partial charge in [-0.3, -0.25) is 9.44 Å². The first-order chi connectivity index (χ1) is 24.5. The highest BCUT2D eigenvalue weighted by Gasteiger charge is 2.39. The number of rotatable bonds is 11. The fourth-order valence-corrected chi connectivity index (χ4v) is 8.34. The molecule has 0 saturated carbocycles. The number of halogens is 6. The van der Waals surface area contributed by atoms with Gasteiger partial charge in [-0.1, -0.05) is 0 Å². The van der Waals surface area contributed by atoms with E-state index < -0.39 is 107 Å². The lowest BCUT2D eigenvalue weighted by Gasteiger charge is -2.19. The first-order valence-electron chi connectivity index (χ1n) is 14.1. The third-order valence-electron chi connectivity index (χ3n) is 6.97. The molecule has 0 aliphatic carbocycles. The van der Waals surface area contributed by atoms with Gasteiger partial charge in [-0.15, -0.1) is 0 Å². The molecule has 290 valence electrons. The number of hydrogen-bond acceptors (Lipinski definition) is 11. The molecule has 0 fully saturated rings. The maximum absolute atomic E-state index is 13.9. The number of esters is 1. The molecule has 0 unspecified atom stereocenters. The second kappa shape index (κ2) is 14.2. The van der Waals surface area contributed by atoms with Crippen molar-refractivity contribution in [1.29, 1.82) is 0 Å². The lowest BCUT2D eigenvalue weighted by atomic mass is 10.1. The number of alkyl halides is 6. The quantitative estimate of drug-likeness (QED) is 0.103. The number of sulfonamides is 2. The van der Waals surface area contributed by atoms with Gasteiger partial charge in [-0.05, 0) is 78.9 Å². The van der Waals surface area contributed by atoms with Gasteiger partial charge in [0.1, 0.15) is 9.79 Å². The smallest absolute Gasteiger partial charge is 0.416 e. The van der Waals surface area contributed by atoms with Crippen molar-refractivity contribution in [2.45, 2.75) is 31.9 Å². The Hall–Kier alpha value is -5.20. The normalized spacial score (nSPS) is 12.9. The predicted molar refractivity (Wildman–Crippen MR) is 176 cm³/mol. The summed E-state index contributed by atoms with van der Waals surface area (Å²) in [5.41, 5.74) is -7.66. The first kappa shape index (κ1) is 41.6. The lowest BCUT2D eigenvalue weighted by molar-refractivity contribution is -0.138. The number of aromatic carboxylic acids is 1. The monoisotopic (exact) mass is 844 g/mol. The summed E-state index contributed by atoms with van der Waals surface area (Å²) in [7, 11) is -18.2. The molecule has 0 aliphatic rings. The van der Waals surface area contributed by atoms with E-state index in [9.17, 15) is 74.7 Å². The summed E-state index contributed by atoms with van der Waals surface area (Å²) in [4.78, 5) is 22.1. The van der Waals surface area contributed by atoms with Crippen LogP contribution < -0.4 is 14.2 Å². The van der Waals surface area contributed by atoms with Gasteiger partial charge in [0.15, 0.2) is 25.4 Å². The maximum atomic E-state index is 13.9. The van der Waals surface area contributed by atoms with Gasteiger partial charge in [-0.25, -0.2) is 43.3 Å². The van der Waals surface area contributed by atoms with Crippen molar-refractivity contribution in [2.24, 2.45) is 0 Å². The minimum atomic E-state index is -5.46. The molecule has 4 aromatic carbocycles. The molecule has 0 atom stereocenters. The van der Waals surface area contributed by atoms with Crippen LogP contribution >= 0.6 is 0 Å². The van der Waals surface area contributed by atoms with Crippen LogP contribution in [-0.2, 0) is 52.1 Å². The van der Waals surface area contributed by atoms with Crippen molar-refractivity contribution in [2.75, 3.05) is 22.0 Å². The topological polar surface area (TPSA) is 224 Å². The molecule has 0 bridgehead atoms. The average Bonchev–Trinajstić information content (AvgIpc) is 3.02. The van der Waals surface area contributed by atoms with Crippen LogP contribution in [0.3, 0.4) is 0 Å². The molecule has 54 heavy (non-hydrogen) atoms. The molecule has 3 N–H and O–H groups in total. The molecule has 4 aromatic rings. The van der Waals surface area contributed by atoms with Crippen LogP contribution in [0, 0.1) is 0 Å². The predicted octanol–water partition coefficient (Wildman–Crippen LogP) is 5.05. The molecule has 4 rings (SSSR count). The van der Waals surface area contributed by atoms with Crippen LogP contribution in [0.5, 0.6) is 5.75 Å². The van der Waals surface area contributed by atoms with Crippen LogP contribution in [0.25, 0.3) is 0 Å². The van der Waals surface area contributed by atoms with Crippen molar-refractivity contribution >= 4 is 63.0 Å². The zero-order valence-corrected chi connectivity index (χ0v) is 30.1.